The van der Waals surface area contributed by atoms with E-state index in [4.69, 9.17) is 11.6 Å². The van der Waals surface area contributed by atoms with Gasteiger partial charge in [0, 0.05) is 22.8 Å². The Bertz CT molecular complexity index is 589. The summed E-state index contributed by atoms with van der Waals surface area (Å²) in [6, 6.07) is 3.08. The summed E-state index contributed by atoms with van der Waals surface area (Å²) in [5.74, 6) is -0.413. The molecule has 2 rings (SSSR count). The summed E-state index contributed by atoms with van der Waals surface area (Å²) in [4.78, 5) is 3.36. The Kier molecular flexibility index (Phi) is 3.53. The van der Waals surface area contributed by atoms with E-state index in [1.54, 1.807) is 6.07 Å². The van der Waals surface area contributed by atoms with Gasteiger partial charge in [-0.25, -0.2) is 4.39 Å². The number of aromatic amines is 1. The van der Waals surface area contributed by atoms with Gasteiger partial charge in [0.2, 0.25) is 0 Å². The number of aromatic nitrogens is 1. The number of aliphatic hydroxyl groups is 1. The number of hydrogen-bond acceptors (Lipinski definition) is 1. The third kappa shape index (κ3) is 2.32. The smallest absolute Gasteiger partial charge is 0.142 e. The molecule has 0 atom stereocenters. The topological polar surface area (TPSA) is 36.0 Å². The molecule has 0 saturated carbocycles. The van der Waals surface area contributed by atoms with Gasteiger partial charge in [-0.1, -0.05) is 31.2 Å². The number of fused-ring (bicyclic) bond motifs is 1. The summed E-state index contributed by atoms with van der Waals surface area (Å²) in [6.45, 7) is 6.72. The average Bonchev–Trinajstić information content (AvgIpc) is 2.58. The van der Waals surface area contributed by atoms with E-state index in [0.29, 0.717) is 6.42 Å². The van der Waals surface area contributed by atoms with Crippen LogP contribution in [-0.4, -0.2) is 24.8 Å². The number of hydrogen-bond donors (Lipinski definition) is 2. The lowest BCUT2D eigenvalue weighted by atomic mass is 10.1. The van der Waals surface area contributed by atoms with Crippen molar-refractivity contribution in [2.45, 2.75) is 26.1 Å². The second-order valence-electron chi connectivity index (χ2n) is 5.51. The molecule has 0 aliphatic heterocycles. The summed E-state index contributed by atoms with van der Waals surface area (Å²) in [5, 5.41) is 11.3. The average molecular weight is 286 g/mol. The Labute approximate surface area is 112 Å². The standard InChI is InChI=1S/C13H17ClFNOSi/c1-18(2,3)13-8(4-5-17)9-6-11(15)10(14)7-12(9)16-13/h6-7,16-17H,4-5H2,1-3H3. The molecule has 2 nitrogen and oxygen atoms in total. The van der Waals surface area contributed by atoms with E-state index < -0.39 is 13.9 Å². The first kappa shape index (κ1) is 13.6. The molecule has 0 amide bonds. The highest BCUT2D eigenvalue weighted by Gasteiger charge is 2.24. The molecule has 2 aromatic rings. The largest absolute Gasteiger partial charge is 0.396 e. The van der Waals surface area contributed by atoms with Gasteiger partial charge in [0.15, 0.2) is 0 Å². The lowest BCUT2D eigenvalue weighted by Crippen LogP contribution is -2.41. The van der Waals surface area contributed by atoms with Gasteiger partial charge >= 0.3 is 0 Å². The van der Waals surface area contributed by atoms with Crippen molar-refractivity contribution in [3.63, 3.8) is 0 Å². The highest BCUT2D eigenvalue weighted by atomic mass is 35.5. The zero-order chi connectivity index (χ0) is 13.5. The van der Waals surface area contributed by atoms with Gasteiger partial charge in [-0.3, -0.25) is 0 Å². The van der Waals surface area contributed by atoms with Crippen molar-refractivity contribution in [3.05, 3.63) is 28.5 Å². The van der Waals surface area contributed by atoms with E-state index in [1.165, 1.54) is 6.07 Å². The minimum Gasteiger partial charge on any atom is -0.396 e. The van der Waals surface area contributed by atoms with Crippen LogP contribution >= 0.6 is 11.6 Å². The Hall–Kier alpha value is -0.843. The summed E-state index contributed by atoms with van der Waals surface area (Å²) < 4.78 is 13.6. The number of nitrogens with one attached hydrogen (secondary N) is 1. The Morgan fingerprint density at radius 1 is 1.33 bits per heavy atom. The highest BCUT2D eigenvalue weighted by molar-refractivity contribution is 6.88. The van der Waals surface area contributed by atoms with Gasteiger partial charge in [0.05, 0.1) is 13.1 Å². The van der Waals surface area contributed by atoms with Crippen LogP contribution in [0.3, 0.4) is 0 Å². The molecule has 0 saturated heterocycles. The summed E-state index contributed by atoms with van der Waals surface area (Å²) in [5.41, 5.74) is 1.88. The first-order valence-corrected chi connectivity index (χ1v) is 9.83. The number of halogens is 2. The van der Waals surface area contributed by atoms with Crippen molar-refractivity contribution >= 4 is 35.9 Å². The normalized spacial score (nSPS) is 12.3. The minimum absolute atomic E-state index is 0.0642. The van der Waals surface area contributed by atoms with Crippen LogP contribution in [0.4, 0.5) is 4.39 Å². The molecule has 18 heavy (non-hydrogen) atoms. The van der Waals surface area contributed by atoms with E-state index in [-0.39, 0.29) is 11.6 Å². The second kappa shape index (κ2) is 4.68. The number of benzene rings is 1. The third-order valence-electron chi connectivity index (χ3n) is 3.06. The molecule has 1 aromatic heterocycles. The predicted molar refractivity (Wildman–Crippen MR) is 77.0 cm³/mol. The number of H-pyrrole nitrogens is 1. The zero-order valence-electron chi connectivity index (χ0n) is 10.8. The van der Waals surface area contributed by atoms with Crippen LogP contribution < -0.4 is 5.32 Å². The molecule has 98 valence electrons. The second-order valence-corrected chi connectivity index (χ2v) is 10.9. The quantitative estimate of drug-likeness (QED) is 0.836. The number of aliphatic hydroxyl groups excluding tert-OH is 1. The molecule has 0 bridgehead atoms. The molecule has 1 heterocycles. The first-order valence-electron chi connectivity index (χ1n) is 5.95. The molecule has 0 aliphatic carbocycles. The van der Waals surface area contributed by atoms with E-state index in [9.17, 15) is 9.50 Å². The lowest BCUT2D eigenvalue weighted by Gasteiger charge is -2.16. The lowest BCUT2D eigenvalue weighted by molar-refractivity contribution is 0.300. The van der Waals surface area contributed by atoms with E-state index in [1.807, 2.05) is 0 Å². The SMILES string of the molecule is C[Si](C)(C)c1[nH]c2cc(Cl)c(F)cc2c1CCO. The summed E-state index contributed by atoms with van der Waals surface area (Å²) in [7, 11) is -1.57. The van der Waals surface area contributed by atoms with Crippen molar-refractivity contribution in [3.8, 4) is 0 Å². The van der Waals surface area contributed by atoms with Gasteiger partial charge < -0.3 is 10.1 Å². The first-order chi connectivity index (χ1) is 8.34. The minimum atomic E-state index is -1.57. The fourth-order valence-corrected chi connectivity index (χ4v) is 4.09. The Balaban J connectivity index is 2.75. The summed E-state index contributed by atoms with van der Waals surface area (Å²) in [6.07, 6.45) is 0.542. The van der Waals surface area contributed by atoms with E-state index in [0.717, 1.165) is 21.8 Å². The van der Waals surface area contributed by atoms with Crippen LogP contribution in [0.2, 0.25) is 24.7 Å². The molecular weight excluding hydrogens is 269 g/mol. The van der Waals surface area contributed by atoms with Crippen LogP contribution in [0.25, 0.3) is 10.9 Å². The van der Waals surface area contributed by atoms with Crippen molar-refractivity contribution in [1.29, 1.82) is 0 Å². The Morgan fingerprint density at radius 3 is 2.56 bits per heavy atom. The van der Waals surface area contributed by atoms with Gasteiger partial charge in [-0.15, -0.1) is 0 Å². The van der Waals surface area contributed by atoms with E-state index in [2.05, 4.69) is 24.6 Å². The van der Waals surface area contributed by atoms with Gasteiger partial charge in [0.1, 0.15) is 5.82 Å². The maximum Gasteiger partial charge on any atom is 0.142 e. The van der Waals surface area contributed by atoms with Crippen molar-refractivity contribution in [2.24, 2.45) is 0 Å². The van der Waals surface area contributed by atoms with Gasteiger partial charge in [0.25, 0.3) is 0 Å². The van der Waals surface area contributed by atoms with Gasteiger partial charge in [-0.05, 0) is 24.1 Å². The molecule has 0 fully saturated rings. The molecule has 0 unspecified atom stereocenters. The van der Waals surface area contributed by atoms with E-state index >= 15 is 0 Å². The monoisotopic (exact) mass is 285 g/mol. The zero-order valence-corrected chi connectivity index (χ0v) is 12.5. The molecule has 0 spiro atoms. The maximum absolute atomic E-state index is 13.6. The van der Waals surface area contributed by atoms with Crippen LogP contribution in [-0.2, 0) is 6.42 Å². The fourth-order valence-electron chi connectivity index (χ4n) is 2.26. The van der Waals surface area contributed by atoms with Crippen LogP contribution in [0.1, 0.15) is 5.56 Å². The van der Waals surface area contributed by atoms with Crippen molar-refractivity contribution in [1.82, 2.24) is 4.98 Å². The third-order valence-corrected chi connectivity index (χ3v) is 5.28. The van der Waals surface area contributed by atoms with Crippen LogP contribution in [0, 0.1) is 5.82 Å². The number of rotatable bonds is 3. The molecule has 5 heteroatoms. The molecule has 1 aromatic carbocycles. The molecular formula is C13H17ClFNOSi. The summed E-state index contributed by atoms with van der Waals surface area (Å²) >= 11 is 5.81. The van der Waals surface area contributed by atoms with Crippen LogP contribution in [0.5, 0.6) is 0 Å². The fraction of sp³-hybridized carbons (Fsp3) is 0.385. The molecule has 0 aliphatic rings. The molecule has 0 radical (unpaired) electrons. The predicted octanol–water partition coefficient (Wildman–Crippen LogP) is 3.04. The maximum atomic E-state index is 13.6. The van der Waals surface area contributed by atoms with Crippen LogP contribution in [0.15, 0.2) is 12.1 Å². The highest BCUT2D eigenvalue weighted by Crippen LogP contribution is 2.26. The molecule has 2 N–H and O–H groups in total. The van der Waals surface area contributed by atoms with Crippen molar-refractivity contribution < 1.29 is 9.50 Å². The van der Waals surface area contributed by atoms with Gasteiger partial charge in [-0.2, -0.15) is 0 Å². The van der Waals surface area contributed by atoms with Crippen molar-refractivity contribution in [2.75, 3.05) is 6.61 Å². The Morgan fingerprint density at radius 2 is 2.00 bits per heavy atom.